The summed E-state index contributed by atoms with van der Waals surface area (Å²) in [6, 6.07) is 8.49. The number of anilines is 1. The van der Waals surface area contributed by atoms with Crippen molar-refractivity contribution in [3.8, 4) is 0 Å². The monoisotopic (exact) mass is 543 g/mol. The third-order valence-electron chi connectivity index (χ3n) is 5.01. The number of alkyl halides is 3. The highest BCUT2D eigenvalue weighted by Crippen LogP contribution is 2.21. The maximum absolute atomic E-state index is 12.5. The Morgan fingerprint density at radius 2 is 1.86 bits per heavy atom. The molecule has 0 aliphatic carbocycles. The lowest BCUT2D eigenvalue weighted by atomic mass is 10.2. The van der Waals surface area contributed by atoms with Gasteiger partial charge in [-0.1, -0.05) is 12.1 Å². The summed E-state index contributed by atoms with van der Waals surface area (Å²) in [6.45, 7) is 2.78. The second kappa shape index (κ2) is 11.5. The Balaban J connectivity index is 0.00000300. The van der Waals surface area contributed by atoms with E-state index < -0.39 is 12.7 Å². The quantitative estimate of drug-likeness (QED) is 0.340. The average Bonchev–Trinajstić information content (AvgIpc) is 3.11. The minimum atomic E-state index is -4.14. The van der Waals surface area contributed by atoms with Crippen LogP contribution in [0.5, 0.6) is 0 Å². The van der Waals surface area contributed by atoms with Crippen LogP contribution < -0.4 is 15.5 Å². The van der Waals surface area contributed by atoms with Crippen LogP contribution in [-0.4, -0.2) is 74.4 Å². The average molecular weight is 543 g/mol. The van der Waals surface area contributed by atoms with Crippen LogP contribution in [0.2, 0.25) is 0 Å². The number of hydrogen-bond donors (Lipinski definition) is 2. The fourth-order valence-electron chi connectivity index (χ4n) is 3.57. The third-order valence-corrected chi connectivity index (χ3v) is 5.95. The summed E-state index contributed by atoms with van der Waals surface area (Å²) >= 11 is 2.00. The van der Waals surface area contributed by atoms with Gasteiger partial charge in [0, 0.05) is 63.0 Å². The van der Waals surface area contributed by atoms with E-state index in [-0.39, 0.29) is 30.0 Å². The zero-order chi connectivity index (χ0) is 20.0. The molecule has 2 aliphatic heterocycles. The van der Waals surface area contributed by atoms with Crippen molar-refractivity contribution < 1.29 is 13.2 Å². The fraction of sp³-hybridized carbons (Fsp3) is 0.632. The molecule has 5 nitrogen and oxygen atoms in total. The molecule has 1 atom stereocenters. The maximum atomic E-state index is 12.5. The molecule has 2 saturated heterocycles. The molecule has 2 aliphatic rings. The van der Waals surface area contributed by atoms with Gasteiger partial charge in [-0.05, 0) is 24.1 Å². The highest BCUT2D eigenvalue weighted by molar-refractivity contribution is 14.0. The van der Waals surface area contributed by atoms with Crippen molar-refractivity contribution in [3.05, 3.63) is 29.8 Å². The topological polar surface area (TPSA) is 42.9 Å². The lowest BCUT2D eigenvalue weighted by Crippen LogP contribution is -2.44. The summed E-state index contributed by atoms with van der Waals surface area (Å²) < 4.78 is 37.6. The molecule has 2 heterocycles. The van der Waals surface area contributed by atoms with E-state index >= 15 is 0 Å². The number of aliphatic imine (C=N–C) groups is 1. The number of thioether (sulfide) groups is 1. The molecule has 0 radical (unpaired) electrons. The van der Waals surface area contributed by atoms with Gasteiger partial charge in [-0.25, -0.2) is 0 Å². The minimum Gasteiger partial charge on any atom is -0.370 e. The number of halogens is 4. The highest BCUT2D eigenvalue weighted by atomic mass is 127. The Hall–Kier alpha value is -0.880. The number of nitrogens with one attached hydrogen (secondary N) is 2. The molecule has 2 N–H and O–H groups in total. The summed E-state index contributed by atoms with van der Waals surface area (Å²) in [4.78, 5) is 8.04. The Morgan fingerprint density at radius 3 is 2.48 bits per heavy atom. The SMILES string of the molecule is CN=C(NCc1ccc(N2CCSCC2)cc1)NC1CCN(CC(F)(F)F)C1.I. The fourth-order valence-corrected chi connectivity index (χ4v) is 4.47. The number of likely N-dealkylation sites (tertiary alicyclic amines) is 1. The van der Waals surface area contributed by atoms with Gasteiger partial charge in [-0.2, -0.15) is 24.9 Å². The largest absolute Gasteiger partial charge is 0.401 e. The van der Waals surface area contributed by atoms with Crippen molar-refractivity contribution >= 4 is 47.4 Å². The maximum Gasteiger partial charge on any atom is 0.401 e. The number of hydrogen-bond acceptors (Lipinski definition) is 4. The molecule has 1 aromatic carbocycles. The smallest absolute Gasteiger partial charge is 0.370 e. The molecule has 10 heteroatoms. The minimum absolute atomic E-state index is 0. The molecular formula is C19H29F3IN5S. The first kappa shape index (κ1) is 24.4. The van der Waals surface area contributed by atoms with E-state index in [4.69, 9.17) is 0 Å². The molecule has 0 spiro atoms. The van der Waals surface area contributed by atoms with Gasteiger partial charge < -0.3 is 15.5 Å². The van der Waals surface area contributed by atoms with Crippen molar-refractivity contribution in [3.63, 3.8) is 0 Å². The van der Waals surface area contributed by atoms with Crippen LogP contribution in [0.3, 0.4) is 0 Å². The third kappa shape index (κ3) is 8.05. The molecule has 3 rings (SSSR count). The van der Waals surface area contributed by atoms with Crippen molar-refractivity contribution in [2.24, 2.45) is 4.99 Å². The first-order valence-corrected chi connectivity index (χ1v) is 10.8. The second-order valence-electron chi connectivity index (χ2n) is 7.17. The van der Waals surface area contributed by atoms with Crippen molar-refractivity contribution in [2.45, 2.75) is 25.2 Å². The molecule has 29 heavy (non-hydrogen) atoms. The standard InChI is InChI=1S/C19H28F3N5S.HI/c1-23-18(25-16-6-7-26(13-16)14-19(20,21)22)24-12-15-2-4-17(5-3-15)27-8-10-28-11-9-27;/h2-5,16H,6-14H2,1H3,(H2,23,24,25);1H. The van der Waals surface area contributed by atoms with Crippen molar-refractivity contribution in [1.82, 2.24) is 15.5 Å². The van der Waals surface area contributed by atoms with E-state index in [2.05, 4.69) is 44.8 Å². The van der Waals surface area contributed by atoms with E-state index in [1.165, 1.54) is 22.1 Å². The number of nitrogens with zero attached hydrogens (tertiary/aromatic N) is 3. The summed E-state index contributed by atoms with van der Waals surface area (Å²) in [6.07, 6.45) is -3.46. The molecule has 164 valence electrons. The Kier molecular flexibility index (Phi) is 9.67. The second-order valence-corrected chi connectivity index (χ2v) is 8.40. The lowest BCUT2D eigenvalue weighted by Gasteiger charge is -2.28. The summed E-state index contributed by atoms with van der Waals surface area (Å²) in [7, 11) is 1.68. The van der Waals surface area contributed by atoms with Gasteiger partial charge in [-0.3, -0.25) is 9.89 Å². The van der Waals surface area contributed by atoms with Crippen LogP contribution in [0.4, 0.5) is 18.9 Å². The first-order chi connectivity index (χ1) is 13.4. The Bertz CT molecular complexity index is 650. The van der Waals surface area contributed by atoms with Crippen LogP contribution in [0.1, 0.15) is 12.0 Å². The molecule has 0 bridgehead atoms. The van der Waals surface area contributed by atoms with Gasteiger partial charge in [0.25, 0.3) is 0 Å². The van der Waals surface area contributed by atoms with Gasteiger partial charge in [-0.15, -0.1) is 24.0 Å². The summed E-state index contributed by atoms with van der Waals surface area (Å²) in [5.74, 6) is 2.97. The zero-order valence-electron chi connectivity index (χ0n) is 16.5. The van der Waals surface area contributed by atoms with Gasteiger partial charge in [0.05, 0.1) is 6.54 Å². The highest BCUT2D eigenvalue weighted by Gasteiger charge is 2.34. The molecule has 1 unspecified atom stereocenters. The van der Waals surface area contributed by atoms with Gasteiger partial charge in [0.15, 0.2) is 5.96 Å². The van der Waals surface area contributed by atoms with Crippen molar-refractivity contribution in [1.29, 1.82) is 0 Å². The molecule has 0 saturated carbocycles. The predicted molar refractivity (Wildman–Crippen MR) is 126 cm³/mol. The molecular weight excluding hydrogens is 514 g/mol. The van der Waals surface area contributed by atoms with Gasteiger partial charge >= 0.3 is 6.18 Å². The van der Waals surface area contributed by atoms with Crippen LogP contribution >= 0.6 is 35.7 Å². The normalized spacial score (nSPS) is 21.0. The lowest BCUT2D eigenvalue weighted by molar-refractivity contribution is -0.143. The van der Waals surface area contributed by atoms with E-state index in [1.54, 1.807) is 7.05 Å². The molecule has 1 aromatic rings. The zero-order valence-corrected chi connectivity index (χ0v) is 19.7. The van der Waals surface area contributed by atoms with Crippen LogP contribution in [-0.2, 0) is 6.54 Å². The van der Waals surface area contributed by atoms with Crippen molar-refractivity contribution in [2.75, 3.05) is 56.2 Å². The number of benzene rings is 1. The van der Waals surface area contributed by atoms with Crippen LogP contribution in [0.25, 0.3) is 0 Å². The molecule has 0 amide bonds. The molecule has 0 aromatic heterocycles. The van der Waals surface area contributed by atoms with Gasteiger partial charge in [0.1, 0.15) is 0 Å². The van der Waals surface area contributed by atoms with E-state index in [0.717, 1.165) is 18.7 Å². The summed E-state index contributed by atoms with van der Waals surface area (Å²) in [5.41, 5.74) is 2.39. The van der Waals surface area contributed by atoms with E-state index in [1.807, 2.05) is 11.8 Å². The molecule has 2 fully saturated rings. The van der Waals surface area contributed by atoms with E-state index in [0.29, 0.717) is 32.0 Å². The predicted octanol–water partition coefficient (Wildman–Crippen LogP) is 3.16. The number of guanidine groups is 1. The Morgan fingerprint density at radius 1 is 1.17 bits per heavy atom. The van der Waals surface area contributed by atoms with Gasteiger partial charge in [0.2, 0.25) is 0 Å². The summed E-state index contributed by atoms with van der Waals surface area (Å²) in [5, 5.41) is 6.49. The van der Waals surface area contributed by atoms with Crippen LogP contribution in [0.15, 0.2) is 29.3 Å². The van der Waals surface area contributed by atoms with Crippen LogP contribution in [0, 0.1) is 0 Å². The Labute approximate surface area is 191 Å². The number of rotatable bonds is 5. The van der Waals surface area contributed by atoms with E-state index in [9.17, 15) is 13.2 Å². The first-order valence-electron chi connectivity index (χ1n) is 9.61.